The largest absolute Gasteiger partial charge is 0.451 e. The Morgan fingerprint density at radius 3 is 1.63 bits per heavy atom. The second-order valence-corrected chi connectivity index (χ2v) is 6.05. The molecule has 27 heavy (non-hydrogen) atoms. The van der Waals surface area contributed by atoms with E-state index >= 15 is 0 Å². The summed E-state index contributed by atoms with van der Waals surface area (Å²) >= 11 is 0. The van der Waals surface area contributed by atoms with Crippen LogP contribution < -0.4 is 0 Å². The summed E-state index contributed by atoms with van der Waals surface area (Å²) in [4.78, 5) is 37.0. The summed E-state index contributed by atoms with van der Waals surface area (Å²) in [5.41, 5.74) is 1.83. The minimum Gasteiger partial charge on any atom is -0.451 e. The number of Topliss-reactive ketones (excluding diaryl/α,β-unsaturated/α-hetero) is 1. The smallest absolute Gasteiger partial charge is 0.338 e. The summed E-state index contributed by atoms with van der Waals surface area (Å²) in [6.45, 7) is 1.54. The lowest BCUT2D eigenvalue weighted by Gasteiger charge is -2.12. The zero-order valence-electron chi connectivity index (χ0n) is 14.8. The molecule has 1 unspecified atom stereocenters. The van der Waals surface area contributed by atoms with Crippen LogP contribution in [0.15, 0.2) is 84.9 Å². The maximum absolute atomic E-state index is 12.4. The molecule has 134 valence electrons. The van der Waals surface area contributed by atoms with E-state index in [4.69, 9.17) is 4.74 Å². The lowest BCUT2D eigenvalue weighted by Crippen LogP contribution is -2.24. The SMILES string of the molecule is CC(OC(=O)c1ccc(C(=O)c2ccccc2)cc1)C(=O)c1ccccc1. The molecular formula is C23H18O4. The van der Waals surface area contributed by atoms with Gasteiger partial charge < -0.3 is 4.74 Å². The third-order valence-corrected chi connectivity index (χ3v) is 4.13. The van der Waals surface area contributed by atoms with Gasteiger partial charge in [-0.3, -0.25) is 9.59 Å². The molecule has 1 atom stereocenters. The van der Waals surface area contributed by atoms with Gasteiger partial charge in [-0.1, -0.05) is 72.8 Å². The summed E-state index contributed by atoms with van der Waals surface area (Å²) < 4.78 is 5.26. The van der Waals surface area contributed by atoms with E-state index in [0.717, 1.165) is 0 Å². The molecular weight excluding hydrogens is 340 g/mol. The molecule has 0 aliphatic carbocycles. The molecule has 4 nitrogen and oxygen atoms in total. The van der Waals surface area contributed by atoms with E-state index in [1.54, 1.807) is 67.6 Å². The average molecular weight is 358 g/mol. The Labute approximate surface area is 157 Å². The standard InChI is InChI=1S/C23H18O4/c1-16(21(24)17-8-4-2-5-9-17)27-23(26)20-14-12-19(13-15-20)22(25)18-10-6-3-7-11-18/h2-16H,1H3. The summed E-state index contributed by atoms with van der Waals surface area (Å²) in [5, 5.41) is 0. The van der Waals surface area contributed by atoms with Crippen molar-refractivity contribution in [1.29, 1.82) is 0 Å². The van der Waals surface area contributed by atoms with Gasteiger partial charge >= 0.3 is 5.97 Å². The number of benzene rings is 3. The van der Waals surface area contributed by atoms with Crippen molar-refractivity contribution < 1.29 is 19.1 Å². The molecule has 0 N–H and O–H groups in total. The molecule has 0 amide bonds. The molecule has 3 rings (SSSR count). The van der Waals surface area contributed by atoms with Crippen molar-refractivity contribution in [3.05, 3.63) is 107 Å². The van der Waals surface area contributed by atoms with Crippen LogP contribution in [-0.2, 0) is 4.74 Å². The third kappa shape index (κ3) is 4.36. The number of hydrogen-bond donors (Lipinski definition) is 0. The fourth-order valence-electron chi connectivity index (χ4n) is 2.63. The highest BCUT2D eigenvalue weighted by molar-refractivity contribution is 6.09. The normalized spacial score (nSPS) is 11.4. The second kappa shape index (κ2) is 8.23. The first-order chi connectivity index (χ1) is 13.1. The maximum atomic E-state index is 12.4. The van der Waals surface area contributed by atoms with Crippen LogP contribution in [0, 0.1) is 0 Å². The molecule has 0 fully saturated rings. The molecule has 0 aliphatic heterocycles. The second-order valence-electron chi connectivity index (χ2n) is 6.05. The van der Waals surface area contributed by atoms with Gasteiger partial charge in [-0.15, -0.1) is 0 Å². The van der Waals surface area contributed by atoms with Crippen LogP contribution in [0.4, 0.5) is 0 Å². The predicted octanol–water partition coefficient (Wildman–Crippen LogP) is 4.35. The van der Waals surface area contributed by atoms with Gasteiger partial charge in [-0.25, -0.2) is 4.79 Å². The van der Waals surface area contributed by atoms with Crippen molar-refractivity contribution in [3.63, 3.8) is 0 Å². The van der Waals surface area contributed by atoms with Crippen LogP contribution in [0.3, 0.4) is 0 Å². The minimum absolute atomic E-state index is 0.122. The monoisotopic (exact) mass is 358 g/mol. The van der Waals surface area contributed by atoms with Gasteiger partial charge in [0.1, 0.15) is 0 Å². The fraction of sp³-hybridized carbons (Fsp3) is 0.0870. The number of rotatable bonds is 6. The maximum Gasteiger partial charge on any atom is 0.338 e. The number of carbonyl (C=O) groups is 3. The average Bonchev–Trinajstić information content (AvgIpc) is 2.74. The topological polar surface area (TPSA) is 60.4 Å². The van der Waals surface area contributed by atoms with E-state index in [1.807, 2.05) is 12.1 Å². The van der Waals surface area contributed by atoms with Crippen molar-refractivity contribution >= 4 is 17.5 Å². The molecule has 3 aromatic rings. The number of esters is 1. The zero-order chi connectivity index (χ0) is 19.2. The van der Waals surface area contributed by atoms with E-state index in [-0.39, 0.29) is 17.1 Å². The van der Waals surface area contributed by atoms with Gasteiger partial charge in [0, 0.05) is 16.7 Å². The van der Waals surface area contributed by atoms with Crippen LogP contribution in [0.5, 0.6) is 0 Å². The molecule has 0 spiro atoms. The van der Waals surface area contributed by atoms with Crippen LogP contribution in [0.2, 0.25) is 0 Å². The van der Waals surface area contributed by atoms with E-state index in [1.165, 1.54) is 12.1 Å². The van der Waals surface area contributed by atoms with Gasteiger partial charge in [0.2, 0.25) is 5.78 Å². The van der Waals surface area contributed by atoms with Crippen molar-refractivity contribution in [2.24, 2.45) is 0 Å². The molecule has 0 bridgehead atoms. The van der Waals surface area contributed by atoms with E-state index < -0.39 is 12.1 Å². The molecule has 0 saturated carbocycles. The Kier molecular flexibility index (Phi) is 5.57. The van der Waals surface area contributed by atoms with Gasteiger partial charge in [0.05, 0.1) is 5.56 Å². The summed E-state index contributed by atoms with van der Waals surface area (Å²) in [5.74, 6) is -0.992. The van der Waals surface area contributed by atoms with E-state index in [9.17, 15) is 14.4 Å². The summed E-state index contributed by atoms with van der Waals surface area (Å²) in [6.07, 6.45) is -0.898. The third-order valence-electron chi connectivity index (χ3n) is 4.13. The van der Waals surface area contributed by atoms with Gasteiger partial charge in [0.15, 0.2) is 11.9 Å². The predicted molar refractivity (Wildman–Crippen MR) is 102 cm³/mol. The molecule has 0 saturated heterocycles. The number of ketones is 2. The Morgan fingerprint density at radius 2 is 1.07 bits per heavy atom. The highest BCUT2D eigenvalue weighted by atomic mass is 16.5. The Balaban J connectivity index is 1.67. The first kappa shape index (κ1) is 18.3. The van der Waals surface area contributed by atoms with Crippen molar-refractivity contribution in [2.45, 2.75) is 13.0 Å². The number of hydrogen-bond acceptors (Lipinski definition) is 4. The summed E-state index contributed by atoms with van der Waals surface area (Å²) in [7, 11) is 0. The van der Waals surface area contributed by atoms with Gasteiger partial charge in [-0.2, -0.15) is 0 Å². The Morgan fingerprint density at radius 1 is 0.630 bits per heavy atom. The van der Waals surface area contributed by atoms with Crippen LogP contribution in [0.1, 0.15) is 43.6 Å². The fourth-order valence-corrected chi connectivity index (χ4v) is 2.63. The number of ether oxygens (including phenoxy) is 1. The van der Waals surface area contributed by atoms with Gasteiger partial charge in [-0.05, 0) is 19.1 Å². The Bertz CT molecular complexity index is 945. The zero-order valence-corrected chi connectivity index (χ0v) is 14.8. The van der Waals surface area contributed by atoms with Crippen molar-refractivity contribution in [1.82, 2.24) is 0 Å². The first-order valence-corrected chi connectivity index (χ1v) is 8.56. The molecule has 0 aliphatic rings. The lowest BCUT2D eigenvalue weighted by molar-refractivity contribution is 0.0318. The lowest BCUT2D eigenvalue weighted by atomic mass is 10.0. The Hall–Kier alpha value is -3.53. The van der Waals surface area contributed by atoms with Crippen LogP contribution >= 0.6 is 0 Å². The highest BCUT2D eigenvalue weighted by Gasteiger charge is 2.20. The highest BCUT2D eigenvalue weighted by Crippen LogP contribution is 2.13. The molecule has 3 aromatic carbocycles. The van der Waals surface area contributed by atoms with Crippen molar-refractivity contribution in [2.75, 3.05) is 0 Å². The number of carbonyl (C=O) groups excluding carboxylic acids is 3. The van der Waals surface area contributed by atoms with Crippen molar-refractivity contribution in [3.8, 4) is 0 Å². The van der Waals surface area contributed by atoms with Crippen LogP contribution in [-0.4, -0.2) is 23.6 Å². The van der Waals surface area contributed by atoms with E-state index in [0.29, 0.717) is 16.7 Å². The quantitative estimate of drug-likeness (QED) is 0.486. The minimum atomic E-state index is -0.898. The van der Waals surface area contributed by atoms with Gasteiger partial charge in [0.25, 0.3) is 0 Å². The van der Waals surface area contributed by atoms with Crippen LogP contribution in [0.25, 0.3) is 0 Å². The molecule has 4 heteroatoms. The molecule has 0 radical (unpaired) electrons. The summed E-state index contributed by atoms with van der Waals surface area (Å²) in [6, 6.07) is 23.8. The molecule has 0 aromatic heterocycles. The molecule has 0 heterocycles. The van der Waals surface area contributed by atoms with E-state index in [2.05, 4.69) is 0 Å². The first-order valence-electron chi connectivity index (χ1n) is 8.56.